The maximum absolute atomic E-state index is 12.4. The van der Waals surface area contributed by atoms with E-state index < -0.39 is 6.61 Å². The minimum atomic E-state index is -2.94. The fourth-order valence-electron chi connectivity index (χ4n) is 1.98. The molecule has 0 saturated carbocycles. The monoisotopic (exact) mass is 432 g/mol. The van der Waals surface area contributed by atoms with E-state index in [1.54, 1.807) is 23.7 Å². The number of nitrogens with zero attached hydrogens (tertiary/aromatic N) is 2. The number of amides is 1. The van der Waals surface area contributed by atoms with Crippen molar-refractivity contribution in [3.63, 3.8) is 0 Å². The quantitative estimate of drug-likeness (QED) is 0.520. The van der Waals surface area contributed by atoms with Crippen molar-refractivity contribution >= 4 is 40.1 Å². The molecule has 0 spiro atoms. The molecule has 6 nitrogen and oxygen atoms in total. The SMILES string of the molecule is Cn1c(CCNC(=O)/C=C/c2cc(Br)ccc2OC(F)F)n[nH]c1=S. The number of carbonyl (C=O) groups is 1. The van der Waals surface area contributed by atoms with Crippen LogP contribution in [-0.2, 0) is 18.3 Å². The van der Waals surface area contributed by atoms with Crippen LogP contribution in [0.5, 0.6) is 5.75 Å². The molecule has 2 rings (SSSR count). The normalized spacial score (nSPS) is 11.2. The van der Waals surface area contributed by atoms with Gasteiger partial charge in [0.2, 0.25) is 5.91 Å². The zero-order valence-corrected chi connectivity index (χ0v) is 15.5. The van der Waals surface area contributed by atoms with Crippen LogP contribution in [0.1, 0.15) is 11.4 Å². The number of aromatic amines is 1. The highest BCUT2D eigenvalue weighted by molar-refractivity contribution is 9.10. The van der Waals surface area contributed by atoms with Crippen molar-refractivity contribution in [2.75, 3.05) is 6.54 Å². The molecule has 1 aromatic heterocycles. The van der Waals surface area contributed by atoms with Crippen LogP contribution in [0.25, 0.3) is 6.08 Å². The van der Waals surface area contributed by atoms with Gasteiger partial charge in [-0.2, -0.15) is 13.9 Å². The number of alkyl halides is 2. The lowest BCUT2D eigenvalue weighted by molar-refractivity contribution is -0.116. The molecule has 0 aliphatic heterocycles. The molecule has 2 aromatic rings. The number of rotatable bonds is 7. The lowest BCUT2D eigenvalue weighted by Crippen LogP contribution is -2.24. The maximum Gasteiger partial charge on any atom is 0.387 e. The Morgan fingerprint density at radius 1 is 1.56 bits per heavy atom. The second-order valence-electron chi connectivity index (χ2n) is 4.94. The Kier molecular flexibility index (Phi) is 6.82. The molecule has 0 fully saturated rings. The van der Waals surface area contributed by atoms with Crippen LogP contribution < -0.4 is 10.1 Å². The Morgan fingerprint density at radius 2 is 2.32 bits per heavy atom. The van der Waals surface area contributed by atoms with Gasteiger partial charge in [-0.05, 0) is 36.5 Å². The van der Waals surface area contributed by atoms with Gasteiger partial charge in [0.25, 0.3) is 0 Å². The summed E-state index contributed by atoms with van der Waals surface area (Å²) in [5.41, 5.74) is 0.360. The van der Waals surface area contributed by atoms with Gasteiger partial charge in [-0.3, -0.25) is 9.89 Å². The number of halogens is 3. The Bertz CT molecular complexity index is 835. The predicted molar refractivity (Wildman–Crippen MR) is 94.9 cm³/mol. The Balaban J connectivity index is 1.94. The number of ether oxygens (including phenoxy) is 1. The first kappa shape index (κ1) is 19.3. The molecule has 10 heteroatoms. The van der Waals surface area contributed by atoms with Gasteiger partial charge >= 0.3 is 6.61 Å². The van der Waals surface area contributed by atoms with Crippen LogP contribution >= 0.6 is 28.1 Å². The molecule has 25 heavy (non-hydrogen) atoms. The summed E-state index contributed by atoms with van der Waals surface area (Å²) in [6.45, 7) is -2.58. The van der Waals surface area contributed by atoms with E-state index in [0.29, 0.717) is 33.6 Å². The van der Waals surface area contributed by atoms with E-state index >= 15 is 0 Å². The van der Waals surface area contributed by atoms with E-state index in [0.717, 1.165) is 0 Å². The molecular formula is C15H15BrF2N4O2S. The molecule has 0 aliphatic carbocycles. The van der Waals surface area contributed by atoms with Gasteiger partial charge in [-0.25, -0.2) is 0 Å². The van der Waals surface area contributed by atoms with Gasteiger partial charge in [0.05, 0.1) is 0 Å². The van der Waals surface area contributed by atoms with E-state index in [1.165, 1.54) is 18.2 Å². The summed E-state index contributed by atoms with van der Waals surface area (Å²) in [6.07, 6.45) is 3.16. The van der Waals surface area contributed by atoms with Crippen LogP contribution in [0.2, 0.25) is 0 Å². The molecule has 0 bridgehead atoms. The predicted octanol–water partition coefficient (Wildman–Crippen LogP) is 3.21. The Labute approximate surface area is 156 Å². The molecule has 1 heterocycles. The largest absolute Gasteiger partial charge is 0.434 e. The zero-order chi connectivity index (χ0) is 18.4. The highest BCUT2D eigenvalue weighted by Gasteiger charge is 2.09. The van der Waals surface area contributed by atoms with Crippen molar-refractivity contribution in [2.45, 2.75) is 13.0 Å². The van der Waals surface area contributed by atoms with Crippen LogP contribution in [0.3, 0.4) is 0 Å². The zero-order valence-electron chi connectivity index (χ0n) is 13.1. The highest BCUT2D eigenvalue weighted by Crippen LogP contribution is 2.25. The molecule has 0 atom stereocenters. The van der Waals surface area contributed by atoms with Gasteiger partial charge in [0.1, 0.15) is 11.6 Å². The molecule has 0 unspecified atom stereocenters. The van der Waals surface area contributed by atoms with E-state index in [4.69, 9.17) is 12.2 Å². The van der Waals surface area contributed by atoms with Crippen molar-refractivity contribution < 1.29 is 18.3 Å². The lowest BCUT2D eigenvalue weighted by Gasteiger charge is -2.08. The minimum Gasteiger partial charge on any atom is -0.434 e. The smallest absolute Gasteiger partial charge is 0.387 e. The summed E-state index contributed by atoms with van der Waals surface area (Å²) in [7, 11) is 1.78. The summed E-state index contributed by atoms with van der Waals surface area (Å²) in [5, 5.41) is 9.38. The first-order valence-corrected chi connectivity index (χ1v) is 8.37. The molecule has 134 valence electrons. The van der Waals surface area contributed by atoms with E-state index in [9.17, 15) is 13.6 Å². The number of benzene rings is 1. The summed E-state index contributed by atoms with van der Waals surface area (Å²) in [5.74, 6) is 0.345. The van der Waals surface area contributed by atoms with Crippen molar-refractivity contribution in [3.8, 4) is 5.75 Å². The van der Waals surface area contributed by atoms with Crippen molar-refractivity contribution in [1.29, 1.82) is 0 Å². The van der Waals surface area contributed by atoms with E-state index in [2.05, 4.69) is 36.2 Å². The molecule has 1 amide bonds. The topological polar surface area (TPSA) is 71.9 Å². The number of aromatic nitrogens is 3. The summed E-state index contributed by atoms with van der Waals surface area (Å²) in [4.78, 5) is 11.9. The Hall–Kier alpha value is -2.07. The fraction of sp³-hybridized carbons (Fsp3) is 0.267. The molecule has 0 radical (unpaired) electrons. The van der Waals surface area contributed by atoms with Crippen molar-refractivity contribution in [1.82, 2.24) is 20.1 Å². The van der Waals surface area contributed by atoms with Crippen LogP contribution in [0, 0.1) is 4.77 Å². The van der Waals surface area contributed by atoms with Gasteiger partial charge in [-0.1, -0.05) is 15.9 Å². The Morgan fingerprint density at radius 3 is 2.96 bits per heavy atom. The summed E-state index contributed by atoms with van der Waals surface area (Å²) < 4.78 is 32.1. The standard InChI is InChI=1S/C15H15BrF2N4O2S/c1-22-12(20-21-15(22)25)6-7-19-13(23)5-2-9-8-10(16)3-4-11(9)24-14(17)18/h2-5,8,14H,6-7H2,1H3,(H,19,23)(H,21,25)/b5-2+. The van der Waals surface area contributed by atoms with Gasteiger partial charge in [0.15, 0.2) is 4.77 Å². The third kappa shape index (κ3) is 5.75. The number of hydrogen-bond acceptors (Lipinski definition) is 4. The van der Waals surface area contributed by atoms with Crippen molar-refractivity contribution in [3.05, 3.63) is 44.9 Å². The number of hydrogen-bond donors (Lipinski definition) is 2. The van der Waals surface area contributed by atoms with Gasteiger partial charge in [0, 0.05) is 36.1 Å². The molecule has 1 aromatic carbocycles. The first-order chi connectivity index (χ1) is 11.9. The summed E-state index contributed by atoms with van der Waals surface area (Å²) >= 11 is 8.25. The van der Waals surface area contributed by atoms with Crippen LogP contribution in [-0.4, -0.2) is 33.8 Å². The third-order valence-corrected chi connectivity index (χ3v) is 4.08. The second-order valence-corrected chi connectivity index (χ2v) is 6.24. The number of nitrogens with one attached hydrogen (secondary N) is 2. The average molecular weight is 433 g/mol. The maximum atomic E-state index is 12.4. The molecular weight excluding hydrogens is 418 g/mol. The minimum absolute atomic E-state index is 0.0104. The number of H-pyrrole nitrogens is 1. The average Bonchev–Trinajstić information content (AvgIpc) is 2.87. The molecule has 2 N–H and O–H groups in total. The van der Waals surface area contributed by atoms with Gasteiger partial charge in [-0.15, -0.1) is 0 Å². The highest BCUT2D eigenvalue weighted by atomic mass is 79.9. The van der Waals surface area contributed by atoms with Crippen molar-refractivity contribution in [2.24, 2.45) is 7.05 Å². The number of carbonyl (C=O) groups excluding carboxylic acids is 1. The molecule has 0 saturated heterocycles. The molecule has 0 aliphatic rings. The lowest BCUT2D eigenvalue weighted by atomic mass is 10.2. The van der Waals surface area contributed by atoms with Crippen LogP contribution in [0.4, 0.5) is 8.78 Å². The third-order valence-electron chi connectivity index (χ3n) is 3.22. The van der Waals surface area contributed by atoms with Gasteiger partial charge < -0.3 is 14.6 Å². The summed E-state index contributed by atoms with van der Waals surface area (Å²) in [6, 6.07) is 4.56. The van der Waals surface area contributed by atoms with E-state index in [-0.39, 0.29) is 11.7 Å². The second kappa shape index (κ2) is 8.86. The fourth-order valence-corrected chi connectivity index (χ4v) is 2.51. The van der Waals surface area contributed by atoms with E-state index in [1.807, 2.05) is 0 Å². The first-order valence-electron chi connectivity index (χ1n) is 7.17. The van der Waals surface area contributed by atoms with Crippen LogP contribution in [0.15, 0.2) is 28.7 Å².